The summed E-state index contributed by atoms with van der Waals surface area (Å²) < 4.78 is 18.4. The Bertz CT molecular complexity index is 706. The SMILES string of the molecule is COc1cc([N+](=O)[O-])ccc1NC(=O)c1ccncc1F. The van der Waals surface area contributed by atoms with Gasteiger partial charge in [0.25, 0.3) is 11.6 Å². The maximum Gasteiger partial charge on any atom is 0.273 e. The van der Waals surface area contributed by atoms with E-state index >= 15 is 0 Å². The molecule has 1 amide bonds. The van der Waals surface area contributed by atoms with Crippen molar-refractivity contribution in [1.29, 1.82) is 0 Å². The van der Waals surface area contributed by atoms with Crippen LogP contribution in [0, 0.1) is 15.9 Å². The van der Waals surface area contributed by atoms with Crippen LogP contribution in [0.2, 0.25) is 0 Å². The largest absolute Gasteiger partial charge is 0.494 e. The summed E-state index contributed by atoms with van der Waals surface area (Å²) in [6.45, 7) is 0. The lowest BCUT2D eigenvalue weighted by molar-refractivity contribution is -0.384. The highest BCUT2D eigenvalue weighted by Crippen LogP contribution is 2.29. The molecule has 1 N–H and O–H groups in total. The first-order chi connectivity index (χ1) is 10.0. The van der Waals surface area contributed by atoms with E-state index < -0.39 is 16.6 Å². The monoisotopic (exact) mass is 291 g/mol. The Kier molecular flexibility index (Phi) is 4.07. The lowest BCUT2D eigenvalue weighted by atomic mass is 10.2. The van der Waals surface area contributed by atoms with E-state index in [1.165, 1.54) is 37.6 Å². The number of nitro groups is 1. The molecule has 0 bridgehead atoms. The number of anilines is 1. The van der Waals surface area contributed by atoms with E-state index in [1.54, 1.807) is 0 Å². The molecule has 1 aromatic carbocycles. The molecular weight excluding hydrogens is 281 g/mol. The molecule has 0 saturated carbocycles. The van der Waals surface area contributed by atoms with Crippen molar-refractivity contribution in [3.63, 3.8) is 0 Å². The van der Waals surface area contributed by atoms with Gasteiger partial charge in [0.15, 0.2) is 5.82 Å². The van der Waals surface area contributed by atoms with Gasteiger partial charge in [-0.1, -0.05) is 0 Å². The van der Waals surface area contributed by atoms with Gasteiger partial charge in [0.1, 0.15) is 5.75 Å². The number of nitrogens with zero attached hydrogens (tertiary/aromatic N) is 2. The van der Waals surface area contributed by atoms with Crippen molar-refractivity contribution in [2.45, 2.75) is 0 Å². The van der Waals surface area contributed by atoms with Gasteiger partial charge in [-0.25, -0.2) is 4.39 Å². The molecule has 0 aliphatic rings. The van der Waals surface area contributed by atoms with Crippen molar-refractivity contribution < 1.29 is 18.8 Å². The first kappa shape index (κ1) is 14.4. The number of methoxy groups -OCH3 is 1. The van der Waals surface area contributed by atoms with Crippen molar-refractivity contribution in [2.24, 2.45) is 0 Å². The van der Waals surface area contributed by atoms with E-state index in [1.807, 2.05) is 0 Å². The maximum atomic E-state index is 13.5. The summed E-state index contributed by atoms with van der Waals surface area (Å²) >= 11 is 0. The molecule has 108 valence electrons. The van der Waals surface area contributed by atoms with E-state index in [9.17, 15) is 19.3 Å². The molecule has 1 aromatic heterocycles. The van der Waals surface area contributed by atoms with Gasteiger partial charge in [-0.3, -0.25) is 19.9 Å². The molecule has 0 aliphatic heterocycles. The lowest BCUT2D eigenvalue weighted by Crippen LogP contribution is -2.14. The van der Waals surface area contributed by atoms with Crippen LogP contribution in [0.25, 0.3) is 0 Å². The van der Waals surface area contributed by atoms with Gasteiger partial charge in [0.2, 0.25) is 0 Å². The molecule has 0 aliphatic carbocycles. The summed E-state index contributed by atoms with van der Waals surface area (Å²) in [6.07, 6.45) is 2.20. The second kappa shape index (κ2) is 5.95. The Morgan fingerprint density at radius 1 is 1.43 bits per heavy atom. The standard InChI is InChI=1S/C13H10FN3O4/c1-21-12-6-8(17(19)20)2-3-11(12)16-13(18)9-4-5-15-7-10(9)14/h2-7H,1H3,(H,16,18). The molecule has 0 saturated heterocycles. The Balaban J connectivity index is 2.29. The normalized spacial score (nSPS) is 10.0. The number of carbonyl (C=O) groups excluding carboxylic acids is 1. The van der Waals surface area contributed by atoms with Crippen molar-refractivity contribution in [1.82, 2.24) is 4.98 Å². The number of nitro benzene ring substituents is 1. The number of carbonyl (C=O) groups is 1. The number of nitrogens with one attached hydrogen (secondary N) is 1. The number of pyridine rings is 1. The zero-order chi connectivity index (χ0) is 15.4. The fraction of sp³-hybridized carbons (Fsp3) is 0.0769. The van der Waals surface area contributed by atoms with Crippen LogP contribution in [0.4, 0.5) is 15.8 Å². The smallest absolute Gasteiger partial charge is 0.273 e. The maximum absolute atomic E-state index is 13.5. The van der Waals surface area contributed by atoms with Gasteiger partial charge in [-0.2, -0.15) is 0 Å². The number of amides is 1. The first-order valence-corrected chi connectivity index (χ1v) is 5.76. The lowest BCUT2D eigenvalue weighted by Gasteiger charge is -2.10. The minimum atomic E-state index is -0.768. The highest BCUT2D eigenvalue weighted by molar-refractivity contribution is 6.05. The number of hydrogen-bond donors (Lipinski definition) is 1. The van der Waals surface area contributed by atoms with Crippen LogP contribution in [0.5, 0.6) is 5.75 Å². The number of rotatable bonds is 4. The van der Waals surface area contributed by atoms with Crippen LogP contribution < -0.4 is 10.1 Å². The molecule has 0 spiro atoms. The number of aromatic nitrogens is 1. The Morgan fingerprint density at radius 3 is 2.81 bits per heavy atom. The molecule has 2 rings (SSSR count). The molecule has 0 unspecified atom stereocenters. The van der Waals surface area contributed by atoms with Crippen LogP contribution in [-0.4, -0.2) is 22.9 Å². The van der Waals surface area contributed by atoms with Crippen molar-refractivity contribution in [3.05, 3.63) is 58.2 Å². The molecule has 2 aromatic rings. The fourth-order valence-electron chi connectivity index (χ4n) is 1.65. The number of non-ortho nitro benzene ring substituents is 1. The summed E-state index contributed by atoms with van der Waals surface area (Å²) in [5, 5.41) is 13.1. The molecule has 7 nitrogen and oxygen atoms in total. The predicted molar refractivity (Wildman–Crippen MR) is 71.8 cm³/mol. The van der Waals surface area contributed by atoms with Gasteiger partial charge in [0, 0.05) is 12.3 Å². The molecule has 0 radical (unpaired) electrons. The Labute approximate surface area is 118 Å². The second-order valence-electron chi connectivity index (χ2n) is 3.95. The molecule has 8 heteroatoms. The van der Waals surface area contributed by atoms with Crippen LogP contribution in [0.3, 0.4) is 0 Å². The molecular formula is C13H10FN3O4. The van der Waals surface area contributed by atoms with Gasteiger partial charge in [-0.15, -0.1) is 0 Å². The van der Waals surface area contributed by atoms with Crippen molar-refractivity contribution >= 4 is 17.3 Å². The molecule has 0 atom stereocenters. The summed E-state index contributed by atoms with van der Waals surface area (Å²) in [5.41, 5.74) is -0.172. The number of hydrogen-bond acceptors (Lipinski definition) is 5. The zero-order valence-corrected chi connectivity index (χ0v) is 10.9. The van der Waals surface area contributed by atoms with Gasteiger partial charge in [-0.05, 0) is 12.1 Å². The third kappa shape index (κ3) is 3.11. The van der Waals surface area contributed by atoms with Crippen LogP contribution in [0.15, 0.2) is 36.7 Å². The number of ether oxygens (including phenoxy) is 1. The quantitative estimate of drug-likeness (QED) is 0.689. The Morgan fingerprint density at radius 2 is 2.19 bits per heavy atom. The molecule has 0 fully saturated rings. The topological polar surface area (TPSA) is 94.4 Å². The van der Waals surface area contributed by atoms with Crippen LogP contribution in [-0.2, 0) is 0 Å². The van der Waals surface area contributed by atoms with E-state index in [4.69, 9.17) is 4.74 Å². The van der Waals surface area contributed by atoms with E-state index in [0.717, 1.165) is 6.20 Å². The summed E-state index contributed by atoms with van der Waals surface area (Å²) in [5.74, 6) is -1.37. The minimum absolute atomic E-state index is 0.104. The Hall–Kier alpha value is -3.03. The van der Waals surface area contributed by atoms with Gasteiger partial charge >= 0.3 is 0 Å². The first-order valence-electron chi connectivity index (χ1n) is 5.76. The average Bonchev–Trinajstić information content (AvgIpc) is 2.47. The summed E-state index contributed by atoms with van der Waals surface area (Å²) in [6, 6.07) is 4.91. The zero-order valence-electron chi connectivity index (χ0n) is 10.9. The van der Waals surface area contributed by atoms with E-state index in [0.29, 0.717) is 0 Å². The number of halogens is 1. The second-order valence-corrected chi connectivity index (χ2v) is 3.95. The van der Waals surface area contributed by atoms with Crippen molar-refractivity contribution in [3.8, 4) is 5.75 Å². The van der Waals surface area contributed by atoms with Crippen LogP contribution in [0.1, 0.15) is 10.4 Å². The third-order valence-corrected chi connectivity index (χ3v) is 2.66. The fourth-order valence-corrected chi connectivity index (χ4v) is 1.65. The van der Waals surface area contributed by atoms with E-state index in [2.05, 4.69) is 10.3 Å². The molecule has 21 heavy (non-hydrogen) atoms. The number of benzene rings is 1. The van der Waals surface area contributed by atoms with Crippen molar-refractivity contribution in [2.75, 3.05) is 12.4 Å². The van der Waals surface area contributed by atoms with E-state index in [-0.39, 0.29) is 22.7 Å². The minimum Gasteiger partial charge on any atom is -0.494 e. The average molecular weight is 291 g/mol. The molecule has 1 heterocycles. The summed E-state index contributed by atoms with van der Waals surface area (Å²) in [4.78, 5) is 25.6. The third-order valence-electron chi connectivity index (χ3n) is 2.66. The van der Waals surface area contributed by atoms with Crippen LogP contribution >= 0.6 is 0 Å². The van der Waals surface area contributed by atoms with Gasteiger partial charge < -0.3 is 10.1 Å². The summed E-state index contributed by atoms with van der Waals surface area (Å²) in [7, 11) is 1.31. The highest BCUT2D eigenvalue weighted by Gasteiger charge is 2.16. The van der Waals surface area contributed by atoms with Gasteiger partial charge in [0.05, 0.1) is 35.5 Å². The predicted octanol–water partition coefficient (Wildman–Crippen LogP) is 2.39. The highest BCUT2D eigenvalue weighted by atomic mass is 19.1.